The van der Waals surface area contributed by atoms with E-state index in [1.54, 1.807) is 12.4 Å². The number of aliphatic imine (C=N–C) groups is 2. The van der Waals surface area contributed by atoms with Gasteiger partial charge in [0, 0.05) is 34.6 Å². The van der Waals surface area contributed by atoms with E-state index in [1.807, 2.05) is 20.8 Å². The Morgan fingerprint density at radius 3 is 1.36 bits per heavy atom. The zero-order valence-corrected chi connectivity index (χ0v) is 30.6. The summed E-state index contributed by atoms with van der Waals surface area (Å²) in [5.74, 6) is -0.638. The van der Waals surface area contributed by atoms with E-state index in [2.05, 4.69) is 91.0 Å². The lowest BCUT2D eigenvalue weighted by molar-refractivity contribution is -0.152. The molecule has 264 valence electrons. The second kappa shape index (κ2) is 15.9. The molecule has 2 aliphatic rings. The molecule has 47 heavy (non-hydrogen) atoms. The second-order valence-electron chi connectivity index (χ2n) is 15.6. The van der Waals surface area contributed by atoms with Crippen molar-refractivity contribution in [2.24, 2.45) is 33.7 Å². The van der Waals surface area contributed by atoms with Gasteiger partial charge in [-0.15, -0.1) is 0 Å². The van der Waals surface area contributed by atoms with Crippen molar-refractivity contribution in [3.63, 3.8) is 0 Å². The van der Waals surface area contributed by atoms with E-state index >= 15 is 0 Å². The van der Waals surface area contributed by atoms with Crippen LogP contribution in [0.4, 0.5) is 11.9 Å². The number of carbonyl (C=O) groups excluding carboxylic acids is 2. The van der Waals surface area contributed by atoms with Crippen LogP contribution in [0.25, 0.3) is 0 Å². The quantitative estimate of drug-likeness (QED) is 0.182. The second-order valence-corrected chi connectivity index (χ2v) is 15.6. The minimum Gasteiger partial charge on any atom is -0.466 e. The highest BCUT2D eigenvalue weighted by Crippen LogP contribution is 2.40. The number of esters is 2. The molecule has 2 fully saturated rings. The van der Waals surface area contributed by atoms with Crippen molar-refractivity contribution in [3.8, 4) is 6.01 Å². The number of nitrogens with zero attached hydrogens (tertiary/aromatic N) is 5. The van der Waals surface area contributed by atoms with Gasteiger partial charge in [0.05, 0.1) is 31.7 Å². The van der Waals surface area contributed by atoms with Crippen LogP contribution in [0.1, 0.15) is 115 Å². The number of rotatable bonds is 14. The Hall–Kier alpha value is -2.99. The molecule has 2 atom stereocenters. The summed E-state index contributed by atoms with van der Waals surface area (Å²) < 4.78 is 16.6. The van der Waals surface area contributed by atoms with Crippen molar-refractivity contribution >= 4 is 36.3 Å². The molecule has 3 rings (SSSR count). The Morgan fingerprint density at radius 1 is 0.681 bits per heavy atom. The number of aromatic nitrogens is 3. The van der Waals surface area contributed by atoms with Gasteiger partial charge in [0.1, 0.15) is 0 Å². The lowest BCUT2D eigenvalue weighted by atomic mass is 9.70. The lowest BCUT2D eigenvalue weighted by Crippen LogP contribution is -2.59. The molecule has 2 saturated heterocycles. The van der Waals surface area contributed by atoms with Crippen LogP contribution in [0, 0.1) is 23.7 Å². The van der Waals surface area contributed by atoms with Gasteiger partial charge in [-0.2, -0.15) is 15.0 Å². The summed E-state index contributed by atoms with van der Waals surface area (Å²) in [4.78, 5) is 48.4. The largest absolute Gasteiger partial charge is 0.466 e. The Bertz CT molecular complexity index is 1150. The predicted molar refractivity (Wildman–Crippen MR) is 185 cm³/mol. The minimum atomic E-state index is -0.352. The summed E-state index contributed by atoms with van der Waals surface area (Å²) in [6.07, 6.45) is 7.48. The molecule has 0 spiro atoms. The van der Waals surface area contributed by atoms with Crippen molar-refractivity contribution in [1.82, 2.24) is 25.6 Å². The molecular formula is C35H59N7O5. The van der Waals surface area contributed by atoms with Gasteiger partial charge in [-0.05, 0) is 127 Å². The lowest BCUT2D eigenvalue weighted by Gasteiger charge is -2.48. The van der Waals surface area contributed by atoms with Gasteiger partial charge in [0.25, 0.3) is 11.9 Å². The number of ether oxygens (including phenoxy) is 3. The first-order valence-electron chi connectivity index (χ1n) is 17.2. The molecule has 3 heterocycles. The summed E-state index contributed by atoms with van der Waals surface area (Å²) in [5.41, 5.74) is -0.467. The molecule has 1 aromatic rings. The van der Waals surface area contributed by atoms with Gasteiger partial charge in [0.2, 0.25) is 0 Å². The first-order valence-corrected chi connectivity index (χ1v) is 17.2. The van der Waals surface area contributed by atoms with E-state index in [0.29, 0.717) is 32.7 Å². The Labute approximate surface area is 281 Å². The number of carbonyl (C=O) groups is 2. The van der Waals surface area contributed by atoms with E-state index in [9.17, 15) is 9.59 Å². The minimum absolute atomic E-state index is 0.106. The Morgan fingerprint density at radius 2 is 1.04 bits per heavy atom. The van der Waals surface area contributed by atoms with Crippen molar-refractivity contribution in [3.05, 3.63) is 0 Å². The summed E-state index contributed by atoms with van der Waals surface area (Å²) in [6, 6.07) is 0.106. The van der Waals surface area contributed by atoms with Crippen LogP contribution < -0.4 is 15.4 Å². The highest BCUT2D eigenvalue weighted by molar-refractivity contribution is 5.78. The zero-order valence-electron chi connectivity index (χ0n) is 30.6. The molecule has 2 unspecified atom stereocenters. The van der Waals surface area contributed by atoms with Crippen LogP contribution in [0.5, 0.6) is 6.01 Å². The molecule has 0 saturated carbocycles. The van der Waals surface area contributed by atoms with Crippen LogP contribution in [0.2, 0.25) is 0 Å². The summed E-state index contributed by atoms with van der Waals surface area (Å²) in [6.45, 7) is 23.8. The molecule has 0 bridgehead atoms. The van der Waals surface area contributed by atoms with Crippen LogP contribution in [-0.2, 0) is 19.1 Å². The maximum absolute atomic E-state index is 13.1. The maximum atomic E-state index is 13.1. The topological polar surface area (TPSA) is 149 Å². The fourth-order valence-electron chi connectivity index (χ4n) is 7.97. The number of nitrogens with one attached hydrogen (secondary N) is 2. The van der Waals surface area contributed by atoms with Crippen molar-refractivity contribution in [2.45, 2.75) is 137 Å². The highest BCUT2D eigenvalue weighted by atomic mass is 16.5. The third-order valence-electron chi connectivity index (χ3n) is 8.76. The predicted octanol–water partition coefficient (Wildman–Crippen LogP) is 5.93. The maximum Gasteiger partial charge on any atom is 0.323 e. The van der Waals surface area contributed by atoms with E-state index in [-0.39, 0.29) is 75.7 Å². The summed E-state index contributed by atoms with van der Waals surface area (Å²) in [5, 5.41) is 7.37. The fraction of sp³-hybridized carbons (Fsp3) is 0.800. The molecule has 0 amide bonds. The third-order valence-corrected chi connectivity index (χ3v) is 8.76. The molecular weight excluding hydrogens is 598 g/mol. The molecule has 2 aliphatic heterocycles. The molecule has 12 heteroatoms. The third kappa shape index (κ3) is 11.9. The first kappa shape index (κ1) is 38.5. The van der Waals surface area contributed by atoms with Gasteiger partial charge in [0.15, 0.2) is 0 Å². The normalized spacial score (nSPS) is 22.2. The monoisotopic (exact) mass is 657 g/mol. The number of hydrogen-bond acceptors (Lipinski definition) is 12. The van der Waals surface area contributed by atoms with Crippen molar-refractivity contribution in [2.75, 3.05) is 19.8 Å². The SMILES string of the molecule is CCOC(=O)C(CC=Nc1nc(N=CCC(C(=O)OCC)C2CC(C)(C)NC(C)(C)C2)nc(OCC)n1)C1CC(C)(C)NC(C)(C)C1. The molecule has 0 aliphatic carbocycles. The molecule has 12 nitrogen and oxygen atoms in total. The molecule has 1 aromatic heterocycles. The molecule has 0 aromatic carbocycles. The van der Waals surface area contributed by atoms with Gasteiger partial charge in [-0.3, -0.25) is 9.59 Å². The number of piperidine rings is 2. The highest BCUT2D eigenvalue weighted by Gasteiger charge is 2.44. The van der Waals surface area contributed by atoms with E-state index in [1.165, 1.54) is 0 Å². The van der Waals surface area contributed by atoms with Crippen LogP contribution in [-0.4, -0.2) is 81.3 Å². The van der Waals surface area contributed by atoms with E-state index < -0.39 is 0 Å². The number of hydrogen-bond donors (Lipinski definition) is 2. The fourth-order valence-corrected chi connectivity index (χ4v) is 7.97. The average Bonchev–Trinajstić information content (AvgIpc) is 2.90. The average molecular weight is 658 g/mol. The van der Waals surface area contributed by atoms with Gasteiger partial charge in [-0.25, -0.2) is 9.98 Å². The Kier molecular flexibility index (Phi) is 13.0. The van der Waals surface area contributed by atoms with Gasteiger partial charge >= 0.3 is 17.9 Å². The van der Waals surface area contributed by atoms with Crippen LogP contribution >= 0.6 is 0 Å². The molecule has 2 N–H and O–H groups in total. The smallest absolute Gasteiger partial charge is 0.323 e. The molecule has 0 radical (unpaired) electrons. The van der Waals surface area contributed by atoms with Crippen molar-refractivity contribution in [1.29, 1.82) is 0 Å². The van der Waals surface area contributed by atoms with E-state index in [4.69, 9.17) is 14.2 Å². The van der Waals surface area contributed by atoms with Gasteiger partial charge < -0.3 is 24.8 Å². The zero-order chi connectivity index (χ0) is 35.0. The summed E-state index contributed by atoms with van der Waals surface area (Å²) >= 11 is 0. The first-order chi connectivity index (χ1) is 21.9. The van der Waals surface area contributed by atoms with Crippen LogP contribution in [0.3, 0.4) is 0 Å². The van der Waals surface area contributed by atoms with Crippen molar-refractivity contribution < 1.29 is 23.8 Å². The summed E-state index contributed by atoms with van der Waals surface area (Å²) in [7, 11) is 0. The van der Waals surface area contributed by atoms with E-state index in [0.717, 1.165) is 25.7 Å². The standard InChI is InChI=1S/C35H59N7O5/c1-12-45-27(43)25(23-19-32(4,5)41-33(6,7)20-23)15-17-36-29-38-30(40-31(39-29)47-14-3)37-18-16-26(28(44)46-13-2)24-21-34(8,9)42-35(10,11)22-24/h17-18,23-26,41-42H,12-16,19-22H2,1-11H3. The Balaban J connectivity index is 1.82. The van der Waals surface area contributed by atoms with Gasteiger partial charge in [-0.1, -0.05) is 0 Å². The van der Waals surface area contributed by atoms with Crippen LogP contribution in [0.15, 0.2) is 9.98 Å².